The minimum atomic E-state index is -0.886. The van der Waals surface area contributed by atoms with E-state index in [1.165, 1.54) is 19.3 Å². The van der Waals surface area contributed by atoms with Crippen molar-refractivity contribution in [3.05, 3.63) is 36.3 Å². The molecule has 0 radical (unpaired) electrons. The van der Waals surface area contributed by atoms with E-state index in [1.54, 1.807) is 7.11 Å². The fourth-order valence-corrected chi connectivity index (χ4v) is 16.0. The van der Waals surface area contributed by atoms with E-state index in [4.69, 9.17) is 14.5 Å². The van der Waals surface area contributed by atoms with Crippen LogP contribution in [0, 0.1) is 68.0 Å². The molecule has 0 bridgehead atoms. The molecule has 8 rings (SSSR count). The smallest absolute Gasteiger partial charge is 0.306 e. The summed E-state index contributed by atoms with van der Waals surface area (Å²) in [6, 6.07) is 8.04. The first-order valence-electron chi connectivity index (χ1n) is 23.6. The molecule has 2 aromatic rings. The molecule has 5 aliphatic carbocycles. The number of fused-ring (bicyclic) bond motifs is 7. The summed E-state index contributed by atoms with van der Waals surface area (Å²) >= 11 is 0. The lowest BCUT2D eigenvalue weighted by atomic mass is 9.32. The molecule has 6 fully saturated rings. The molecule has 60 heavy (non-hydrogen) atoms. The van der Waals surface area contributed by atoms with Crippen LogP contribution in [0.5, 0.6) is 5.75 Å². The van der Waals surface area contributed by atoms with E-state index in [1.807, 2.05) is 32.2 Å². The summed E-state index contributed by atoms with van der Waals surface area (Å²) in [6.45, 7) is 21.9. The van der Waals surface area contributed by atoms with Crippen molar-refractivity contribution in [2.45, 2.75) is 164 Å². The number of carbonyl (C=O) groups excluding carboxylic acids is 2. The minimum absolute atomic E-state index is 0.0246. The number of aromatic nitrogens is 2. The van der Waals surface area contributed by atoms with Crippen molar-refractivity contribution in [1.29, 1.82) is 0 Å². The lowest BCUT2D eigenvalue weighted by Crippen LogP contribution is -2.67. The summed E-state index contributed by atoms with van der Waals surface area (Å²) in [7, 11) is 1.68. The Morgan fingerprint density at radius 1 is 0.883 bits per heavy atom. The van der Waals surface area contributed by atoms with Gasteiger partial charge < -0.3 is 24.5 Å². The maximum absolute atomic E-state index is 15.6. The molecule has 11 atom stereocenters. The number of imidazole rings is 1. The molecule has 1 aromatic carbocycles. The number of rotatable bonds is 10. The Balaban J connectivity index is 1.04. The van der Waals surface area contributed by atoms with Gasteiger partial charge in [0, 0.05) is 12.0 Å². The highest BCUT2D eigenvalue weighted by molar-refractivity contribution is 5.84. The zero-order chi connectivity index (χ0) is 43.2. The zero-order valence-electron chi connectivity index (χ0n) is 38.5. The molecule has 2 N–H and O–H groups in total. The van der Waals surface area contributed by atoms with E-state index in [9.17, 15) is 14.7 Å². The van der Waals surface area contributed by atoms with Crippen LogP contribution < -0.4 is 4.74 Å². The standard InChI is InChI=1S/C51H75N3O6/c1-31(2)34-19-24-51(45(58)54-27-11-12-37(54)44-52-30-36(53-44)32-13-15-33(59-10)16-14-32)26-25-49(8)35(43(34)51)17-18-39-48(7)22-21-40(47(5,6)38(48)20-23-50(39,49)9)60-42(57)29-46(3,4)28-41(55)56/h13-16,30-31,34-35,37-40,43H,11-12,17-29H2,1-10H3,(H,52,53)(H,55,56)/t34?,35-,37+,38+,39-,40+,43-,48+,49-,50-,51+/m1/s1. The average Bonchev–Trinajstić information content (AvgIpc) is 3.95. The Bertz CT molecular complexity index is 1950. The van der Waals surface area contributed by atoms with Gasteiger partial charge in [-0.1, -0.05) is 62.3 Å². The molecule has 9 heteroatoms. The summed E-state index contributed by atoms with van der Waals surface area (Å²) in [5.74, 6) is 3.96. The van der Waals surface area contributed by atoms with E-state index in [0.717, 1.165) is 87.2 Å². The van der Waals surface area contributed by atoms with Crippen LogP contribution in [0.25, 0.3) is 11.3 Å². The predicted molar refractivity (Wildman–Crippen MR) is 234 cm³/mol. The van der Waals surface area contributed by atoms with Gasteiger partial charge in [0.05, 0.1) is 43.3 Å². The summed E-state index contributed by atoms with van der Waals surface area (Å²) in [5.41, 5.74) is 1.31. The number of esters is 1. The lowest BCUT2D eigenvalue weighted by molar-refractivity contribution is -0.251. The topological polar surface area (TPSA) is 122 Å². The van der Waals surface area contributed by atoms with Crippen molar-refractivity contribution in [2.75, 3.05) is 13.7 Å². The van der Waals surface area contributed by atoms with E-state index in [-0.39, 0.29) is 58.0 Å². The number of H-pyrrole nitrogens is 1. The van der Waals surface area contributed by atoms with Crippen LogP contribution in [0.3, 0.4) is 0 Å². The normalized spacial score (nSPS) is 38.4. The number of carboxylic acid groups (broad SMARTS) is 1. The molecular weight excluding hydrogens is 751 g/mol. The molecule has 0 spiro atoms. The van der Waals surface area contributed by atoms with Gasteiger partial charge in [0.2, 0.25) is 5.91 Å². The third-order valence-corrected chi connectivity index (χ3v) is 19.1. The van der Waals surface area contributed by atoms with Crippen LogP contribution in [0.1, 0.15) is 164 Å². The molecule has 1 saturated heterocycles. The molecule has 2 heterocycles. The average molecular weight is 826 g/mol. The second kappa shape index (κ2) is 15.2. The van der Waals surface area contributed by atoms with Gasteiger partial charge in [-0.2, -0.15) is 0 Å². The highest BCUT2D eigenvalue weighted by atomic mass is 16.5. The largest absolute Gasteiger partial charge is 0.497 e. The van der Waals surface area contributed by atoms with E-state index < -0.39 is 11.4 Å². The van der Waals surface area contributed by atoms with Gasteiger partial charge in [-0.25, -0.2) is 4.98 Å². The van der Waals surface area contributed by atoms with Crippen molar-refractivity contribution in [1.82, 2.24) is 14.9 Å². The maximum Gasteiger partial charge on any atom is 0.306 e. The Morgan fingerprint density at radius 3 is 2.30 bits per heavy atom. The Hall–Kier alpha value is -3.36. The van der Waals surface area contributed by atoms with Crippen molar-refractivity contribution in [3.63, 3.8) is 0 Å². The number of aromatic amines is 1. The maximum atomic E-state index is 15.6. The summed E-state index contributed by atoms with van der Waals surface area (Å²) in [6.07, 6.45) is 14.6. The molecule has 1 aromatic heterocycles. The van der Waals surface area contributed by atoms with Gasteiger partial charge in [0.15, 0.2) is 0 Å². The fourth-order valence-electron chi connectivity index (χ4n) is 16.0. The summed E-state index contributed by atoms with van der Waals surface area (Å²) in [5, 5.41) is 9.41. The number of aliphatic carboxylic acids is 1. The zero-order valence-corrected chi connectivity index (χ0v) is 38.5. The first-order valence-corrected chi connectivity index (χ1v) is 23.6. The molecule has 1 aliphatic heterocycles. The third-order valence-electron chi connectivity index (χ3n) is 19.1. The molecular formula is C51H75N3O6. The fraction of sp³-hybridized carbons (Fsp3) is 0.765. The molecule has 1 unspecified atom stereocenters. The van der Waals surface area contributed by atoms with E-state index in [0.29, 0.717) is 41.4 Å². The number of hydrogen-bond donors (Lipinski definition) is 2. The molecule has 6 aliphatic rings. The molecule has 5 saturated carbocycles. The molecule has 330 valence electrons. The number of hydrogen-bond acceptors (Lipinski definition) is 6. The van der Waals surface area contributed by atoms with Crippen LogP contribution in [0.15, 0.2) is 30.5 Å². The van der Waals surface area contributed by atoms with Gasteiger partial charge in [-0.05, 0) is 164 Å². The van der Waals surface area contributed by atoms with Gasteiger partial charge in [-0.15, -0.1) is 0 Å². The number of carbonyl (C=O) groups is 3. The second-order valence-corrected chi connectivity index (χ2v) is 23.1. The molecule has 9 nitrogen and oxygen atoms in total. The van der Waals surface area contributed by atoms with E-state index in [2.05, 4.69) is 70.5 Å². The number of nitrogens with zero attached hydrogens (tertiary/aromatic N) is 2. The van der Waals surface area contributed by atoms with Gasteiger partial charge >= 0.3 is 11.9 Å². The number of methoxy groups -OCH3 is 1. The van der Waals surface area contributed by atoms with Crippen LogP contribution >= 0.6 is 0 Å². The number of benzene rings is 1. The van der Waals surface area contributed by atoms with Crippen LogP contribution in [0.2, 0.25) is 0 Å². The number of nitrogens with one attached hydrogen (secondary N) is 1. The number of amides is 1. The monoisotopic (exact) mass is 826 g/mol. The van der Waals surface area contributed by atoms with Gasteiger partial charge in [0.25, 0.3) is 0 Å². The highest BCUT2D eigenvalue weighted by Gasteiger charge is 2.72. The van der Waals surface area contributed by atoms with Gasteiger partial charge in [0.1, 0.15) is 17.7 Å². The number of likely N-dealkylation sites (tertiary alicyclic amines) is 1. The first-order chi connectivity index (χ1) is 28.2. The Morgan fingerprint density at radius 2 is 1.62 bits per heavy atom. The highest BCUT2D eigenvalue weighted by Crippen LogP contribution is 2.78. The minimum Gasteiger partial charge on any atom is -0.497 e. The van der Waals surface area contributed by atoms with E-state index >= 15 is 4.79 Å². The van der Waals surface area contributed by atoms with Crippen molar-refractivity contribution in [2.24, 2.45) is 68.0 Å². The van der Waals surface area contributed by atoms with Gasteiger partial charge in [-0.3, -0.25) is 14.4 Å². The SMILES string of the molecule is COc1ccc(-c2cnc([C@@H]3CCCN3C(=O)[C@]34CCC(C(C)C)[C@@H]3[C@H]3CC[C@@H]5[C@@]6(C)CC[C@H](OC(=O)CC(C)(C)CC(=O)O)C(C)(C)[C@@H]6CC[C@@]5(C)[C@]3(C)CC4)[nH]2)cc1. The Kier molecular flexibility index (Phi) is 10.9. The predicted octanol–water partition coefficient (Wildman–Crippen LogP) is 11.3. The number of carboxylic acids is 1. The first kappa shape index (κ1) is 43.3. The molecule has 1 amide bonds. The Labute approximate surface area is 359 Å². The summed E-state index contributed by atoms with van der Waals surface area (Å²) < 4.78 is 11.7. The lowest BCUT2D eigenvalue weighted by Gasteiger charge is -2.73. The quantitative estimate of drug-likeness (QED) is 0.229. The van der Waals surface area contributed by atoms with Crippen molar-refractivity contribution >= 4 is 17.8 Å². The van der Waals surface area contributed by atoms with Crippen molar-refractivity contribution < 1.29 is 29.0 Å². The van der Waals surface area contributed by atoms with Crippen LogP contribution in [-0.4, -0.2) is 57.6 Å². The second-order valence-electron chi connectivity index (χ2n) is 23.1. The van der Waals surface area contributed by atoms with Crippen molar-refractivity contribution in [3.8, 4) is 17.0 Å². The number of ether oxygens (including phenoxy) is 2. The van der Waals surface area contributed by atoms with Crippen LogP contribution in [0.4, 0.5) is 0 Å². The van der Waals surface area contributed by atoms with Crippen LogP contribution in [-0.2, 0) is 19.1 Å². The third kappa shape index (κ3) is 6.75. The summed E-state index contributed by atoms with van der Waals surface area (Å²) in [4.78, 5) is 51.2.